The lowest BCUT2D eigenvalue weighted by atomic mass is 9.93. The number of nitro benzene ring substituents is 1. The quantitative estimate of drug-likeness (QED) is 0.394. The van der Waals surface area contributed by atoms with Crippen molar-refractivity contribution in [3.63, 3.8) is 0 Å². The van der Waals surface area contributed by atoms with Gasteiger partial charge in [0.15, 0.2) is 0 Å². The predicted molar refractivity (Wildman–Crippen MR) is 99.2 cm³/mol. The molecule has 7 heteroatoms. The molecule has 138 valence electrons. The topological polar surface area (TPSA) is 101 Å². The van der Waals surface area contributed by atoms with Gasteiger partial charge in [0, 0.05) is 29.1 Å². The van der Waals surface area contributed by atoms with E-state index < -0.39 is 16.4 Å². The lowest BCUT2D eigenvalue weighted by molar-refractivity contribution is -0.398. The van der Waals surface area contributed by atoms with Crippen LogP contribution in [0.5, 0.6) is 11.5 Å². The first kappa shape index (κ1) is 17.1. The third-order valence-electron chi connectivity index (χ3n) is 4.83. The third kappa shape index (κ3) is 2.91. The molecule has 0 saturated heterocycles. The molecular formula is C20H17N2O5-. The van der Waals surface area contributed by atoms with E-state index in [1.165, 1.54) is 19.4 Å². The van der Waals surface area contributed by atoms with Crippen molar-refractivity contribution in [2.75, 3.05) is 7.11 Å². The van der Waals surface area contributed by atoms with Crippen LogP contribution in [0.4, 0.5) is 11.4 Å². The minimum atomic E-state index is -0.677. The summed E-state index contributed by atoms with van der Waals surface area (Å²) < 4.78 is 11.1. The SMILES string of the molecule is COc1ccccc1N=Cc1c([O-])c([N+](=O)[O-])cc2oc3c(c12)CCCC3. The number of hydrogen-bond acceptors (Lipinski definition) is 6. The minimum absolute atomic E-state index is 0.192. The molecule has 0 atom stereocenters. The number of hydrogen-bond donors (Lipinski definition) is 0. The molecule has 0 saturated carbocycles. The molecule has 27 heavy (non-hydrogen) atoms. The van der Waals surface area contributed by atoms with Crippen molar-refractivity contribution in [2.24, 2.45) is 4.99 Å². The Kier molecular flexibility index (Phi) is 4.27. The van der Waals surface area contributed by atoms with Gasteiger partial charge in [-0.2, -0.15) is 0 Å². The van der Waals surface area contributed by atoms with Crippen LogP contribution < -0.4 is 9.84 Å². The van der Waals surface area contributed by atoms with Crippen LogP contribution in [-0.2, 0) is 12.8 Å². The standard InChI is InChI=1S/C20H18N2O5/c1-26-17-9-5-3-7-14(17)21-11-13-19-12-6-2-4-8-16(12)27-18(19)10-15(20(13)23)22(24)25/h3,5,7,9-11,23H,2,4,6,8H2,1H3/p-1. The maximum absolute atomic E-state index is 12.8. The molecule has 0 fully saturated rings. The molecule has 1 aliphatic rings. The molecule has 0 aliphatic heterocycles. The van der Waals surface area contributed by atoms with E-state index in [9.17, 15) is 15.2 Å². The summed E-state index contributed by atoms with van der Waals surface area (Å²) in [6, 6.07) is 8.36. The Morgan fingerprint density at radius 3 is 2.81 bits per heavy atom. The van der Waals surface area contributed by atoms with Crippen LogP contribution in [0.15, 0.2) is 39.7 Å². The van der Waals surface area contributed by atoms with Gasteiger partial charge in [-0.3, -0.25) is 15.1 Å². The molecule has 1 aromatic heterocycles. The second kappa shape index (κ2) is 6.75. The van der Waals surface area contributed by atoms with Gasteiger partial charge in [-0.05, 0) is 37.1 Å². The van der Waals surface area contributed by atoms with Crippen molar-refractivity contribution in [1.29, 1.82) is 0 Å². The van der Waals surface area contributed by atoms with Gasteiger partial charge in [0.25, 0.3) is 5.69 Å². The van der Waals surface area contributed by atoms with E-state index in [1.807, 2.05) is 6.07 Å². The number of aliphatic imine (C=N–C) groups is 1. The number of nitrogens with zero attached hydrogens (tertiary/aromatic N) is 2. The Balaban J connectivity index is 1.94. The first-order valence-corrected chi connectivity index (χ1v) is 8.70. The summed E-state index contributed by atoms with van der Waals surface area (Å²) in [5.41, 5.74) is 1.56. The van der Waals surface area contributed by atoms with Gasteiger partial charge < -0.3 is 14.3 Å². The normalized spacial score (nSPS) is 13.8. The molecule has 0 amide bonds. The molecule has 0 radical (unpaired) electrons. The molecule has 0 spiro atoms. The molecule has 1 aliphatic carbocycles. The summed E-state index contributed by atoms with van der Waals surface area (Å²) in [5, 5.41) is 24.8. The van der Waals surface area contributed by atoms with E-state index in [1.54, 1.807) is 18.2 Å². The van der Waals surface area contributed by atoms with Gasteiger partial charge >= 0.3 is 0 Å². The molecule has 1 heterocycles. The highest BCUT2D eigenvalue weighted by Crippen LogP contribution is 2.40. The van der Waals surface area contributed by atoms with Crippen LogP contribution in [0.3, 0.4) is 0 Å². The number of methoxy groups -OCH3 is 1. The minimum Gasteiger partial charge on any atom is -0.867 e. The Hall–Kier alpha value is -3.35. The molecular weight excluding hydrogens is 348 g/mol. The highest BCUT2D eigenvalue weighted by atomic mass is 16.6. The highest BCUT2D eigenvalue weighted by molar-refractivity contribution is 6.05. The molecule has 0 unspecified atom stereocenters. The fourth-order valence-corrected chi connectivity index (χ4v) is 3.55. The van der Waals surface area contributed by atoms with Crippen LogP contribution >= 0.6 is 0 Å². The van der Waals surface area contributed by atoms with E-state index in [0.717, 1.165) is 37.0 Å². The number of fused-ring (bicyclic) bond motifs is 3. The van der Waals surface area contributed by atoms with Crippen LogP contribution in [-0.4, -0.2) is 18.2 Å². The second-order valence-corrected chi connectivity index (χ2v) is 6.41. The van der Waals surface area contributed by atoms with E-state index in [4.69, 9.17) is 9.15 Å². The Bertz CT molecular complexity index is 1070. The van der Waals surface area contributed by atoms with Crippen molar-refractivity contribution in [1.82, 2.24) is 0 Å². The van der Waals surface area contributed by atoms with Crippen molar-refractivity contribution in [3.8, 4) is 11.5 Å². The molecule has 4 rings (SSSR count). The van der Waals surface area contributed by atoms with Gasteiger partial charge in [-0.1, -0.05) is 12.1 Å². The summed E-state index contributed by atoms with van der Waals surface area (Å²) in [5.74, 6) is 0.709. The van der Waals surface area contributed by atoms with Gasteiger partial charge in [0.1, 0.15) is 22.8 Å². The lowest BCUT2D eigenvalue weighted by Crippen LogP contribution is -2.04. The number of rotatable bonds is 4. The number of furan rings is 1. The average molecular weight is 365 g/mol. The summed E-state index contributed by atoms with van der Waals surface area (Å²) in [6.45, 7) is 0. The van der Waals surface area contributed by atoms with Crippen LogP contribution in [0.25, 0.3) is 11.0 Å². The number of ether oxygens (including phenoxy) is 1. The Morgan fingerprint density at radius 1 is 1.26 bits per heavy atom. The zero-order valence-electron chi connectivity index (χ0n) is 14.7. The van der Waals surface area contributed by atoms with Gasteiger partial charge in [-0.25, -0.2) is 0 Å². The molecule has 0 N–H and O–H groups in total. The van der Waals surface area contributed by atoms with Crippen molar-refractivity contribution >= 4 is 28.6 Å². The molecule has 7 nitrogen and oxygen atoms in total. The summed E-state index contributed by atoms with van der Waals surface area (Å²) in [7, 11) is 1.53. The first-order chi connectivity index (χ1) is 13.1. The Labute approximate surface area is 155 Å². The fourth-order valence-electron chi connectivity index (χ4n) is 3.55. The van der Waals surface area contributed by atoms with E-state index in [2.05, 4.69) is 4.99 Å². The summed E-state index contributed by atoms with van der Waals surface area (Å²) in [6.07, 6.45) is 4.95. The number of nitro groups is 1. The maximum atomic E-state index is 12.8. The van der Waals surface area contributed by atoms with E-state index >= 15 is 0 Å². The number of benzene rings is 2. The van der Waals surface area contributed by atoms with Crippen molar-refractivity contribution < 1.29 is 19.2 Å². The first-order valence-electron chi connectivity index (χ1n) is 8.70. The largest absolute Gasteiger partial charge is 0.867 e. The van der Waals surface area contributed by atoms with Crippen molar-refractivity contribution in [2.45, 2.75) is 25.7 Å². The smallest absolute Gasteiger partial charge is 0.266 e. The second-order valence-electron chi connectivity index (χ2n) is 6.41. The fraction of sp³-hybridized carbons (Fsp3) is 0.250. The number of aryl methyl sites for hydroxylation is 2. The maximum Gasteiger partial charge on any atom is 0.266 e. The zero-order chi connectivity index (χ0) is 19.0. The molecule has 2 aromatic carbocycles. The predicted octanol–water partition coefficient (Wildman–Crippen LogP) is 4.05. The van der Waals surface area contributed by atoms with Crippen LogP contribution in [0.1, 0.15) is 29.7 Å². The van der Waals surface area contributed by atoms with Gasteiger partial charge in [-0.15, -0.1) is 0 Å². The van der Waals surface area contributed by atoms with Gasteiger partial charge in [0.05, 0.1) is 18.1 Å². The average Bonchev–Trinajstić information content (AvgIpc) is 3.05. The van der Waals surface area contributed by atoms with Crippen LogP contribution in [0.2, 0.25) is 0 Å². The highest BCUT2D eigenvalue weighted by Gasteiger charge is 2.24. The van der Waals surface area contributed by atoms with Crippen molar-refractivity contribution in [3.05, 3.63) is 57.3 Å². The molecule has 0 bridgehead atoms. The third-order valence-corrected chi connectivity index (χ3v) is 4.83. The van der Waals surface area contributed by atoms with E-state index in [0.29, 0.717) is 22.4 Å². The summed E-state index contributed by atoms with van der Waals surface area (Å²) >= 11 is 0. The summed E-state index contributed by atoms with van der Waals surface area (Å²) in [4.78, 5) is 15.0. The monoisotopic (exact) mass is 365 g/mol. The van der Waals surface area contributed by atoms with Gasteiger partial charge in [0.2, 0.25) is 0 Å². The lowest BCUT2D eigenvalue weighted by Gasteiger charge is -2.14. The van der Waals surface area contributed by atoms with Crippen LogP contribution in [0, 0.1) is 10.1 Å². The molecule has 3 aromatic rings. The zero-order valence-corrected chi connectivity index (χ0v) is 14.7. The van der Waals surface area contributed by atoms with E-state index in [-0.39, 0.29) is 5.56 Å². The Morgan fingerprint density at radius 2 is 2.04 bits per heavy atom. The number of para-hydroxylation sites is 2.